The van der Waals surface area contributed by atoms with Crippen molar-refractivity contribution in [3.05, 3.63) is 55.2 Å². The van der Waals surface area contributed by atoms with Gasteiger partial charge in [0.2, 0.25) is 5.78 Å². The van der Waals surface area contributed by atoms with Gasteiger partial charge in [0.1, 0.15) is 0 Å². The molecule has 0 fully saturated rings. The normalized spacial score (nSPS) is 13.8. The lowest BCUT2D eigenvalue weighted by Crippen LogP contribution is -2.25. The lowest BCUT2D eigenvalue weighted by Gasteiger charge is -2.12. The summed E-state index contributed by atoms with van der Waals surface area (Å²) in [5, 5.41) is 3.22. The van der Waals surface area contributed by atoms with Gasteiger partial charge in [-0.15, -0.1) is 11.3 Å². The topological polar surface area (TPSA) is 118 Å². The van der Waals surface area contributed by atoms with Gasteiger partial charge in [0, 0.05) is 17.0 Å². The number of amides is 1. The number of rotatable bonds is 3. The Morgan fingerprint density at radius 1 is 1.29 bits per heavy atom. The summed E-state index contributed by atoms with van der Waals surface area (Å²) in [6.07, 6.45) is 0.670. The van der Waals surface area contributed by atoms with Crippen LogP contribution in [0.2, 0.25) is 0 Å². The first-order valence-electron chi connectivity index (χ1n) is 7.37. The van der Waals surface area contributed by atoms with Crippen LogP contribution >= 0.6 is 11.3 Å². The molecule has 24 heavy (non-hydrogen) atoms. The molecule has 4 N–H and O–H groups in total. The number of carbonyl (C=O) groups excluding carboxylic acids is 2. The molecule has 0 spiro atoms. The number of hydrogen-bond acceptors (Lipinski definition) is 6. The largest absolute Gasteiger partial charge is 0.417 e. The quantitative estimate of drug-likeness (QED) is 0.617. The Hall–Kier alpha value is -2.71. The second-order valence-corrected chi connectivity index (χ2v) is 6.66. The zero-order chi connectivity index (χ0) is 16.8. The Labute approximate surface area is 139 Å². The average molecular weight is 343 g/mol. The second kappa shape index (κ2) is 5.43. The van der Waals surface area contributed by atoms with E-state index in [2.05, 4.69) is 10.3 Å². The van der Waals surface area contributed by atoms with Gasteiger partial charge in [-0.3, -0.25) is 14.6 Å². The minimum absolute atomic E-state index is 0.297. The zero-order valence-corrected chi connectivity index (χ0v) is 13.3. The number of nitrogens with one attached hydrogen (secondary N) is 2. The lowest BCUT2D eigenvalue weighted by atomic mass is 9.99. The molecule has 0 bridgehead atoms. The molecule has 2 aromatic heterocycles. The monoisotopic (exact) mass is 343 g/mol. The first-order chi connectivity index (χ1) is 11.5. The van der Waals surface area contributed by atoms with E-state index >= 15 is 0 Å². The van der Waals surface area contributed by atoms with Gasteiger partial charge in [-0.2, -0.15) is 0 Å². The van der Waals surface area contributed by atoms with E-state index in [1.54, 1.807) is 12.1 Å². The van der Waals surface area contributed by atoms with Crippen LogP contribution in [-0.2, 0) is 13.0 Å². The summed E-state index contributed by atoms with van der Waals surface area (Å²) in [5.41, 5.74) is 7.87. The number of oxazole rings is 1. The molecule has 0 aliphatic carbocycles. The molecule has 122 valence electrons. The smallest absolute Gasteiger partial charge is 0.408 e. The summed E-state index contributed by atoms with van der Waals surface area (Å²) in [7, 11) is 0. The average Bonchev–Trinajstić information content (AvgIpc) is 3.12. The lowest BCUT2D eigenvalue weighted by molar-refractivity contribution is 0.0982. The molecule has 1 amide bonds. The number of carbonyl (C=O) groups is 2. The first kappa shape index (κ1) is 14.9. The molecule has 3 heterocycles. The number of H-pyrrole nitrogens is 1. The molecule has 0 saturated carbocycles. The van der Waals surface area contributed by atoms with E-state index in [9.17, 15) is 14.4 Å². The van der Waals surface area contributed by atoms with Crippen LogP contribution in [0.4, 0.5) is 0 Å². The number of fused-ring (bicyclic) bond motifs is 2. The molecule has 1 aromatic carbocycles. The van der Waals surface area contributed by atoms with Crippen molar-refractivity contribution in [3.63, 3.8) is 0 Å². The molecule has 0 radical (unpaired) electrons. The summed E-state index contributed by atoms with van der Waals surface area (Å²) >= 11 is 1.29. The fourth-order valence-corrected chi connectivity index (χ4v) is 4.26. The second-order valence-electron chi connectivity index (χ2n) is 5.55. The Balaban J connectivity index is 1.84. The van der Waals surface area contributed by atoms with E-state index in [4.69, 9.17) is 10.2 Å². The van der Waals surface area contributed by atoms with Gasteiger partial charge in [0.25, 0.3) is 5.91 Å². The third-order valence-corrected chi connectivity index (χ3v) is 5.29. The highest BCUT2D eigenvalue weighted by atomic mass is 32.1. The van der Waals surface area contributed by atoms with E-state index in [0.29, 0.717) is 40.1 Å². The van der Waals surface area contributed by atoms with Gasteiger partial charge in [-0.25, -0.2) is 4.79 Å². The van der Waals surface area contributed by atoms with E-state index in [1.165, 1.54) is 17.4 Å². The number of thiophene rings is 1. The number of aromatic amines is 1. The van der Waals surface area contributed by atoms with Gasteiger partial charge in [0.05, 0.1) is 16.0 Å². The van der Waals surface area contributed by atoms with Crippen molar-refractivity contribution in [1.82, 2.24) is 10.3 Å². The van der Waals surface area contributed by atoms with Gasteiger partial charge in [-0.1, -0.05) is 0 Å². The highest BCUT2D eigenvalue weighted by Crippen LogP contribution is 2.32. The Morgan fingerprint density at radius 3 is 2.92 bits per heavy atom. The third kappa shape index (κ3) is 2.27. The van der Waals surface area contributed by atoms with Crippen LogP contribution < -0.4 is 16.8 Å². The number of hydrogen-bond donors (Lipinski definition) is 3. The zero-order valence-electron chi connectivity index (χ0n) is 12.5. The molecule has 0 atom stereocenters. The molecule has 0 saturated heterocycles. The van der Waals surface area contributed by atoms with Gasteiger partial charge >= 0.3 is 5.76 Å². The van der Waals surface area contributed by atoms with Crippen LogP contribution in [0, 0.1) is 0 Å². The minimum Gasteiger partial charge on any atom is -0.408 e. The minimum atomic E-state index is -0.591. The summed E-state index contributed by atoms with van der Waals surface area (Å²) in [6.45, 7) is 1.37. The molecule has 4 rings (SSSR count). The van der Waals surface area contributed by atoms with Crippen LogP contribution in [0.15, 0.2) is 27.4 Å². The van der Waals surface area contributed by atoms with Gasteiger partial charge < -0.3 is 15.5 Å². The number of nitrogens with two attached hydrogens (primary N) is 1. The standard InChI is InChI=1S/C16H13N3O4S/c17-15(21)12-8-3-4-18-6-11(8)24-14(12)13(20)7-1-2-9-10(5-7)23-16(22)19-9/h1-2,5,18H,3-4,6H2,(H2,17,21)(H,19,22). The Morgan fingerprint density at radius 2 is 2.12 bits per heavy atom. The fourth-order valence-electron chi connectivity index (χ4n) is 2.97. The molecule has 1 aliphatic rings. The maximum absolute atomic E-state index is 12.9. The number of benzene rings is 1. The Bertz CT molecular complexity index is 1040. The van der Waals surface area contributed by atoms with Crippen molar-refractivity contribution in [1.29, 1.82) is 0 Å². The summed E-state index contributed by atoms with van der Waals surface area (Å²) < 4.78 is 4.99. The summed E-state index contributed by atoms with van der Waals surface area (Å²) in [5.74, 6) is -1.47. The number of aromatic nitrogens is 1. The van der Waals surface area contributed by atoms with Crippen LogP contribution in [0.5, 0.6) is 0 Å². The van der Waals surface area contributed by atoms with Crippen LogP contribution in [0.3, 0.4) is 0 Å². The van der Waals surface area contributed by atoms with Crippen molar-refractivity contribution in [2.75, 3.05) is 6.54 Å². The molecule has 1 aliphatic heterocycles. The Kier molecular flexibility index (Phi) is 3.36. The maximum atomic E-state index is 12.9. The van der Waals surface area contributed by atoms with Crippen LogP contribution in [0.1, 0.15) is 36.0 Å². The summed E-state index contributed by atoms with van der Waals surface area (Å²) in [4.78, 5) is 39.9. The highest BCUT2D eigenvalue weighted by molar-refractivity contribution is 7.14. The van der Waals surface area contributed by atoms with Crippen molar-refractivity contribution >= 4 is 34.1 Å². The van der Waals surface area contributed by atoms with Gasteiger partial charge in [-0.05, 0) is 36.7 Å². The van der Waals surface area contributed by atoms with E-state index in [1.807, 2.05) is 0 Å². The molecule has 7 nitrogen and oxygen atoms in total. The third-order valence-electron chi connectivity index (χ3n) is 4.06. The van der Waals surface area contributed by atoms with E-state index in [-0.39, 0.29) is 5.78 Å². The van der Waals surface area contributed by atoms with E-state index in [0.717, 1.165) is 17.0 Å². The van der Waals surface area contributed by atoms with Crippen LogP contribution in [0.25, 0.3) is 11.1 Å². The molecule has 0 unspecified atom stereocenters. The fraction of sp³-hybridized carbons (Fsp3) is 0.188. The molecule has 3 aromatic rings. The van der Waals surface area contributed by atoms with Gasteiger partial charge in [0.15, 0.2) is 5.58 Å². The van der Waals surface area contributed by atoms with E-state index < -0.39 is 11.7 Å². The number of primary amides is 1. The molecular weight excluding hydrogens is 330 g/mol. The van der Waals surface area contributed by atoms with Crippen molar-refractivity contribution < 1.29 is 14.0 Å². The van der Waals surface area contributed by atoms with Crippen molar-refractivity contribution in [2.24, 2.45) is 5.73 Å². The van der Waals surface area contributed by atoms with Crippen molar-refractivity contribution in [3.8, 4) is 0 Å². The van der Waals surface area contributed by atoms with Crippen LogP contribution in [-0.4, -0.2) is 23.2 Å². The number of ketones is 1. The predicted octanol–water partition coefficient (Wildman–Crippen LogP) is 1.16. The maximum Gasteiger partial charge on any atom is 0.417 e. The molecule has 8 heteroatoms. The van der Waals surface area contributed by atoms with Crippen molar-refractivity contribution in [2.45, 2.75) is 13.0 Å². The summed E-state index contributed by atoms with van der Waals surface area (Å²) in [6, 6.07) is 4.70. The first-order valence-corrected chi connectivity index (χ1v) is 8.19. The SMILES string of the molecule is NC(=O)c1c(C(=O)c2ccc3[nH]c(=O)oc3c2)sc2c1CCNC2. The predicted molar refractivity (Wildman–Crippen MR) is 88.5 cm³/mol. The highest BCUT2D eigenvalue weighted by Gasteiger charge is 2.28. The molecular formula is C16H13N3O4S.